The molecule has 2 aliphatic heterocycles. The van der Waals surface area contributed by atoms with Crippen LogP contribution in [0.2, 0.25) is 0 Å². The molecule has 3 fully saturated rings. The van der Waals surface area contributed by atoms with Crippen molar-refractivity contribution in [3.8, 4) is 0 Å². The maximum absolute atomic E-state index is 13.0. The second-order valence-electron chi connectivity index (χ2n) is 8.63. The fourth-order valence-electron chi connectivity index (χ4n) is 4.79. The van der Waals surface area contributed by atoms with Crippen molar-refractivity contribution in [2.75, 3.05) is 25.0 Å². The predicted octanol–water partition coefficient (Wildman–Crippen LogP) is 1.91. The van der Waals surface area contributed by atoms with E-state index in [1.54, 1.807) is 12.1 Å². The van der Waals surface area contributed by atoms with Crippen LogP contribution in [0, 0.1) is 5.92 Å². The predicted molar refractivity (Wildman–Crippen MR) is 114 cm³/mol. The van der Waals surface area contributed by atoms with Crippen molar-refractivity contribution < 1.29 is 22.8 Å². The van der Waals surface area contributed by atoms with Gasteiger partial charge in [-0.1, -0.05) is 25.8 Å². The van der Waals surface area contributed by atoms with Gasteiger partial charge in [0.1, 0.15) is 12.1 Å². The fourth-order valence-corrected chi connectivity index (χ4v) is 6.36. The lowest BCUT2D eigenvalue weighted by atomic mass is 9.73. The van der Waals surface area contributed by atoms with Gasteiger partial charge < -0.3 is 10.6 Å². The van der Waals surface area contributed by atoms with E-state index in [2.05, 4.69) is 10.6 Å². The highest BCUT2D eigenvalue weighted by Crippen LogP contribution is 2.38. The topological polar surface area (TPSA) is 116 Å². The smallest absolute Gasteiger partial charge is 0.324 e. The Bertz CT molecular complexity index is 1000. The molecule has 2 N–H and O–H groups in total. The van der Waals surface area contributed by atoms with Crippen LogP contribution in [0.5, 0.6) is 0 Å². The molecule has 3 aliphatic rings. The third kappa shape index (κ3) is 3.94. The molecule has 1 spiro atoms. The number of sulfonamides is 1. The molecule has 9 nitrogen and oxygen atoms in total. The molecule has 168 valence electrons. The molecule has 2 saturated heterocycles. The lowest BCUT2D eigenvalue weighted by Gasteiger charge is -2.36. The number of amides is 4. The van der Waals surface area contributed by atoms with Crippen molar-refractivity contribution in [2.45, 2.75) is 55.9 Å². The van der Waals surface area contributed by atoms with Crippen LogP contribution in [0.3, 0.4) is 0 Å². The van der Waals surface area contributed by atoms with E-state index in [9.17, 15) is 22.8 Å². The molecular weight excluding hydrogens is 420 g/mol. The highest BCUT2D eigenvalue weighted by atomic mass is 32.2. The number of hydrogen-bond acceptors (Lipinski definition) is 5. The molecule has 10 heteroatoms. The van der Waals surface area contributed by atoms with E-state index in [-0.39, 0.29) is 16.7 Å². The molecule has 1 aromatic rings. The third-order valence-electron chi connectivity index (χ3n) is 6.62. The van der Waals surface area contributed by atoms with Gasteiger partial charge in [-0.25, -0.2) is 13.2 Å². The summed E-state index contributed by atoms with van der Waals surface area (Å²) in [6.07, 6.45) is 4.97. The summed E-state index contributed by atoms with van der Waals surface area (Å²) in [6.45, 7) is 2.52. The molecule has 2 heterocycles. The summed E-state index contributed by atoms with van der Waals surface area (Å²) in [5.74, 6) is -0.900. The summed E-state index contributed by atoms with van der Waals surface area (Å²) >= 11 is 0. The highest BCUT2D eigenvalue weighted by molar-refractivity contribution is 7.89. The molecule has 1 saturated carbocycles. The summed E-state index contributed by atoms with van der Waals surface area (Å²) < 4.78 is 26.9. The second-order valence-corrected chi connectivity index (χ2v) is 10.6. The van der Waals surface area contributed by atoms with Crippen molar-refractivity contribution in [3.05, 3.63) is 24.3 Å². The van der Waals surface area contributed by atoms with Crippen molar-refractivity contribution in [2.24, 2.45) is 5.92 Å². The molecule has 0 radical (unpaired) electrons. The minimum absolute atomic E-state index is 0.0123. The molecule has 2 atom stereocenters. The molecule has 4 rings (SSSR count). The van der Waals surface area contributed by atoms with Gasteiger partial charge >= 0.3 is 6.03 Å². The minimum atomic E-state index is -3.61. The summed E-state index contributed by atoms with van der Waals surface area (Å²) in [6, 6.07) is 5.48. The van der Waals surface area contributed by atoms with E-state index in [0.717, 1.165) is 37.0 Å². The maximum Gasteiger partial charge on any atom is 0.325 e. The number of carbonyl (C=O) groups is 3. The Balaban J connectivity index is 1.45. The van der Waals surface area contributed by atoms with Gasteiger partial charge in [0.25, 0.3) is 5.91 Å². The summed E-state index contributed by atoms with van der Waals surface area (Å²) in [5, 5.41) is 5.44. The van der Waals surface area contributed by atoms with Gasteiger partial charge in [0.05, 0.1) is 4.90 Å². The lowest BCUT2D eigenvalue weighted by Crippen LogP contribution is -2.54. The van der Waals surface area contributed by atoms with E-state index in [1.807, 2.05) is 6.92 Å². The Hall–Kier alpha value is -2.46. The average Bonchev–Trinajstić information content (AvgIpc) is 3.35. The molecule has 0 aromatic heterocycles. The van der Waals surface area contributed by atoms with Crippen LogP contribution in [0.15, 0.2) is 29.2 Å². The minimum Gasteiger partial charge on any atom is -0.324 e. The number of nitrogens with zero attached hydrogens (tertiary/aromatic N) is 2. The van der Waals surface area contributed by atoms with Crippen LogP contribution in [-0.4, -0.2) is 60.6 Å². The second kappa shape index (κ2) is 8.23. The first-order valence-corrected chi connectivity index (χ1v) is 12.2. The standard InChI is InChI=1S/C21H28N4O5S/c1-15-7-2-3-10-21(15)19(27)25(20(28)23-21)14-18(26)22-16-8-6-9-17(13-16)31(29,30)24-11-4-5-12-24/h6,8-9,13,15H,2-5,7,10-12,14H2,1H3,(H,22,26)(H,23,28)/t15-,21+/m0/s1. The summed E-state index contributed by atoms with van der Waals surface area (Å²) in [7, 11) is -3.61. The number of anilines is 1. The number of benzene rings is 1. The first kappa shape index (κ1) is 21.8. The van der Waals surface area contributed by atoms with Crippen LogP contribution in [-0.2, 0) is 19.6 Å². The monoisotopic (exact) mass is 448 g/mol. The van der Waals surface area contributed by atoms with E-state index < -0.39 is 34.0 Å². The van der Waals surface area contributed by atoms with Crippen LogP contribution in [0.4, 0.5) is 10.5 Å². The maximum atomic E-state index is 13.0. The largest absolute Gasteiger partial charge is 0.325 e. The van der Waals surface area contributed by atoms with Gasteiger partial charge in [-0.3, -0.25) is 14.5 Å². The Labute approximate surface area is 182 Å². The molecule has 0 bridgehead atoms. The normalized spacial score (nSPS) is 27.0. The van der Waals surface area contributed by atoms with Crippen LogP contribution >= 0.6 is 0 Å². The van der Waals surface area contributed by atoms with Gasteiger partial charge in [-0.15, -0.1) is 0 Å². The van der Waals surface area contributed by atoms with Gasteiger partial charge in [0.15, 0.2) is 0 Å². The lowest BCUT2D eigenvalue weighted by molar-refractivity contribution is -0.136. The van der Waals surface area contributed by atoms with Crippen molar-refractivity contribution in [3.63, 3.8) is 0 Å². The molecule has 31 heavy (non-hydrogen) atoms. The van der Waals surface area contributed by atoms with Gasteiger partial charge in [0.2, 0.25) is 15.9 Å². The van der Waals surface area contributed by atoms with E-state index >= 15 is 0 Å². The highest BCUT2D eigenvalue weighted by Gasteiger charge is 2.55. The zero-order valence-corrected chi connectivity index (χ0v) is 18.4. The Morgan fingerprint density at radius 3 is 2.65 bits per heavy atom. The molecule has 0 unspecified atom stereocenters. The molecule has 4 amide bonds. The van der Waals surface area contributed by atoms with Crippen molar-refractivity contribution in [1.82, 2.24) is 14.5 Å². The fraction of sp³-hybridized carbons (Fsp3) is 0.571. The number of urea groups is 1. The zero-order chi connectivity index (χ0) is 22.2. The number of hydrogen-bond donors (Lipinski definition) is 2. The number of rotatable bonds is 5. The first-order chi connectivity index (χ1) is 14.7. The quantitative estimate of drug-likeness (QED) is 0.668. The summed E-state index contributed by atoms with van der Waals surface area (Å²) in [4.78, 5) is 39.1. The number of imide groups is 1. The van der Waals surface area contributed by atoms with Crippen LogP contribution in [0.25, 0.3) is 0 Å². The zero-order valence-electron chi connectivity index (χ0n) is 17.6. The Morgan fingerprint density at radius 2 is 1.94 bits per heavy atom. The van der Waals surface area contributed by atoms with E-state index in [0.29, 0.717) is 25.2 Å². The summed E-state index contributed by atoms with van der Waals surface area (Å²) in [5.41, 5.74) is -0.614. The molecule has 1 aliphatic carbocycles. The number of carbonyl (C=O) groups excluding carboxylic acids is 3. The Morgan fingerprint density at radius 1 is 1.19 bits per heavy atom. The van der Waals surface area contributed by atoms with E-state index in [4.69, 9.17) is 0 Å². The average molecular weight is 449 g/mol. The van der Waals surface area contributed by atoms with Crippen LogP contribution < -0.4 is 10.6 Å². The molecule has 1 aromatic carbocycles. The van der Waals surface area contributed by atoms with Gasteiger partial charge in [-0.05, 0) is 49.8 Å². The number of nitrogens with one attached hydrogen (secondary N) is 2. The molecular formula is C21H28N4O5S. The van der Waals surface area contributed by atoms with Gasteiger partial charge in [0, 0.05) is 18.8 Å². The first-order valence-electron chi connectivity index (χ1n) is 10.8. The SMILES string of the molecule is C[C@H]1CCCC[C@@]12NC(=O)N(CC(=O)Nc1cccc(S(=O)(=O)N3CCCC3)c1)C2=O. The van der Waals surface area contributed by atoms with Crippen molar-refractivity contribution >= 4 is 33.6 Å². The van der Waals surface area contributed by atoms with E-state index in [1.165, 1.54) is 16.4 Å². The van der Waals surface area contributed by atoms with Crippen LogP contribution in [0.1, 0.15) is 45.4 Å². The van der Waals surface area contributed by atoms with Crippen molar-refractivity contribution in [1.29, 1.82) is 0 Å². The Kier molecular flexibility index (Phi) is 5.78. The third-order valence-corrected chi connectivity index (χ3v) is 8.52. The van der Waals surface area contributed by atoms with Gasteiger partial charge in [-0.2, -0.15) is 4.31 Å².